The van der Waals surface area contributed by atoms with Crippen LogP contribution >= 0.6 is 0 Å². The molecule has 0 bridgehead atoms. The minimum atomic E-state index is -4.98. The summed E-state index contributed by atoms with van der Waals surface area (Å²) in [6, 6.07) is 1.02. The van der Waals surface area contributed by atoms with E-state index in [1.54, 1.807) is 0 Å². The molecule has 0 aliphatic carbocycles. The Labute approximate surface area is 156 Å². The molecule has 1 saturated heterocycles. The molecule has 1 fully saturated rings. The van der Waals surface area contributed by atoms with Gasteiger partial charge in [-0.15, -0.1) is 0 Å². The number of hydrogen-bond acceptors (Lipinski definition) is 3. The lowest BCUT2D eigenvalue weighted by Crippen LogP contribution is -2.50. The molecule has 1 aliphatic heterocycles. The molecule has 1 aliphatic rings. The Morgan fingerprint density at radius 2 is 1.36 bits per heavy atom. The second-order valence-corrected chi connectivity index (χ2v) is 6.09. The zero-order valence-corrected chi connectivity index (χ0v) is 14.6. The summed E-state index contributed by atoms with van der Waals surface area (Å²) in [6.07, 6.45) is -10.8. The molecule has 155 valence electrons. The standard InChI is InChI=1S/C17H17F6N2O3/c1-2-14(26)24-3-5-25(6-4-24)15(27)28-10-11-7-12(16(18,19)20)9-13(8-11)17(21,22)23/h7-9H,1-6,10H2. The summed E-state index contributed by atoms with van der Waals surface area (Å²) in [4.78, 5) is 26.3. The van der Waals surface area contributed by atoms with E-state index in [2.05, 4.69) is 6.92 Å². The average molecular weight is 411 g/mol. The van der Waals surface area contributed by atoms with E-state index < -0.39 is 41.7 Å². The van der Waals surface area contributed by atoms with Crippen molar-refractivity contribution in [3.05, 3.63) is 41.8 Å². The summed E-state index contributed by atoms with van der Waals surface area (Å²) in [5.41, 5.74) is -3.39. The van der Waals surface area contributed by atoms with Crippen molar-refractivity contribution in [3.8, 4) is 0 Å². The Kier molecular flexibility index (Phi) is 6.45. The van der Waals surface area contributed by atoms with Gasteiger partial charge in [0.25, 0.3) is 0 Å². The first kappa shape index (κ1) is 21.8. The van der Waals surface area contributed by atoms with Gasteiger partial charge in [-0.25, -0.2) is 4.79 Å². The average Bonchev–Trinajstić information content (AvgIpc) is 2.64. The van der Waals surface area contributed by atoms with E-state index in [9.17, 15) is 35.9 Å². The molecule has 0 unspecified atom stereocenters. The van der Waals surface area contributed by atoms with Crippen molar-refractivity contribution in [1.82, 2.24) is 9.80 Å². The number of ether oxygens (including phenoxy) is 1. The van der Waals surface area contributed by atoms with Crippen LogP contribution in [0.5, 0.6) is 0 Å². The first-order chi connectivity index (χ1) is 12.9. The van der Waals surface area contributed by atoms with E-state index in [1.165, 1.54) is 9.80 Å². The van der Waals surface area contributed by atoms with Gasteiger partial charge in [0.15, 0.2) is 0 Å². The van der Waals surface area contributed by atoms with Crippen LogP contribution in [0.25, 0.3) is 0 Å². The smallest absolute Gasteiger partial charge is 0.416 e. The van der Waals surface area contributed by atoms with E-state index in [1.807, 2.05) is 0 Å². The highest BCUT2D eigenvalue weighted by Gasteiger charge is 2.37. The number of halogens is 6. The Morgan fingerprint density at radius 3 is 1.79 bits per heavy atom. The Balaban J connectivity index is 2.04. The van der Waals surface area contributed by atoms with Crippen LogP contribution in [0.3, 0.4) is 0 Å². The van der Waals surface area contributed by atoms with Crippen LogP contribution in [0, 0.1) is 6.92 Å². The summed E-state index contributed by atoms with van der Waals surface area (Å²) >= 11 is 0. The number of alkyl halides is 6. The molecule has 2 amide bonds. The molecule has 1 heterocycles. The maximum atomic E-state index is 12.8. The number of piperazine rings is 1. The summed E-state index contributed by atoms with van der Waals surface area (Å²) < 4.78 is 81.9. The lowest BCUT2D eigenvalue weighted by Gasteiger charge is -2.34. The summed E-state index contributed by atoms with van der Waals surface area (Å²) in [6.45, 7) is 3.49. The van der Waals surface area contributed by atoms with Crippen molar-refractivity contribution in [2.45, 2.75) is 25.4 Å². The van der Waals surface area contributed by atoms with E-state index in [0.29, 0.717) is 12.1 Å². The first-order valence-electron chi connectivity index (χ1n) is 8.19. The summed E-state index contributed by atoms with van der Waals surface area (Å²) in [5.74, 6) is -0.184. The van der Waals surface area contributed by atoms with Crippen LogP contribution in [0.4, 0.5) is 31.1 Å². The van der Waals surface area contributed by atoms with Gasteiger partial charge in [0.2, 0.25) is 5.91 Å². The van der Waals surface area contributed by atoms with Gasteiger partial charge in [0, 0.05) is 32.6 Å². The van der Waals surface area contributed by atoms with Crippen molar-refractivity contribution in [2.24, 2.45) is 0 Å². The third kappa shape index (κ3) is 5.52. The maximum Gasteiger partial charge on any atom is 0.416 e. The Morgan fingerprint density at radius 1 is 0.893 bits per heavy atom. The normalized spacial score (nSPS) is 15.5. The van der Waals surface area contributed by atoms with Crippen LogP contribution in [0.2, 0.25) is 0 Å². The largest absolute Gasteiger partial charge is 0.445 e. The molecule has 0 aromatic heterocycles. The van der Waals surface area contributed by atoms with Crippen LogP contribution < -0.4 is 0 Å². The number of rotatable bonds is 3. The zero-order valence-electron chi connectivity index (χ0n) is 14.6. The first-order valence-corrected chi connectivity index (χ1v) is 8.19. The highest BCUT2D eigenvalue weighted by atomic mass is 19.4. The van der Waals surface area contributed by atoms with Crippen LogP contribution in [0.1, 0.15) is 23.1 Å². The van der Waals surface area contributed by atoms with Crippen LogP contribution in [-0.2, 0) is 28.5 Å². The lowest BCUT2D eigenvalue weighted by atomic mass is 10.1. The topological polar surface area (TPSA) is 49.9 Å². The predicted molar refractivity (Wildman–Crippen MR) is 84.8 cm³/mol. The van der Waals surface area contributed by atoms with Gasteiger partial charge < -0.3 is 14.5 Å². The molecule has 0 spiro atoms. The minimum absolute atomic E-state index is 0.00411. The fraction of sp³-hybridized carbons (Fsp3) is 0.471. The number of nitrogens with zero attached hydrogens (tertiary/aromatic N) is 2. The molecule has 2 rings (SSSR count). The highest BCUT2D eigenvalue weighted by molar-refractivity contribution is 5.77. The quantitative estimate of drug-likeness (QED) is 0.713. The number of hydrogen-bond donors (Lipinski definition) is 0. The van der Waals surface area contributed by atoms with E-state index in [4.69, 9.17) is 4.74 Å². The van der Waals surface area contributed by atoms with Gasteiger partial charge in [-0.2, -0.15) is 26.3 Å². The molecule has 1 radical (unpaired) electrons. The maximum absolute atomic E-state index is 12.8. The Hall–Kier alpha value is -2.46. The van der Waals surface area contributed by atoms with Crippen LogP contribution in [-0.4, -0.2) is 48.0 Å². The van der Waals surface area contributed by atoms with Crippen molar-refractivity contribution in [1.29, 1.82) is 0 Å². The lowest BCUT2D eigenvalue weighted by molar-refractivity contribution is -0.143. The van der Waals surface area contributed by atoms with E-state index in [-0.39, 0.29) is 44.6 Å². The molecule has 0 saturated carbocycles. The molecular weight excluding hydrogens is 394 g/mol. The SMILES string of the molecule is [CH2]CC(=O)N1CCN(C(=O)OCc2cc(C(F)(F)F)cc(C(F)(F)F)c2)CC1. The highest BCUT2D eigenvalue weighted by Crippen LogP contribution is 2.36. The molecule has 0 atom stereocenters. The van der Waals surface area contributed by atoms with Crippen molar-refractivity contribution in [2.75, 3.05) is 26.2 Å². The minimum Gasteiger partial charge on any atom is -0.445 e. The van der Waals surface area contributed by atoms with Crippen molar-refractivity contribution in [3.63, 3.8) is 0 Å². The third-order valence-corrected chi connectivity index (χ3v) is 4.11. The van der Waals surface area contributed by atoms with Gasteiger partial charge in [-0.1, -0.05) is 0 Å². The number of carbonyl (C=O) groups is 2. The van der Waals surface area contributed by atoms with Gasteiger partial charge in [-0.3, -0.25) is 4.79 Å². The molecule has 1 aromatic rings. The number of carbonyl (C=O) groups excluding carboxylic acids is 2. The molecule has 0 N–H and O–H groups in total. The van der Waals surface area contributed by atoms with Gasteiger partial charge in [0.05, 0.1) is 11.1 Å². The predicted octanol–water partition coefficient (Wildman–Crippen LogP) is 3.73. The third-order valence-electron chi connectivity index (χ3n) is 4.11. The van der Waals surface area contributed by atoms with Crippen molar-refractivity contribution >= 4 is 12.0 Å². The van der Waals surface area contributed by atoms with Crippen molar-refractivity contribution < 1.29 is 40.7 Å². The molecule has 1 aromatic carbocycles. The summed E-state index contributed by atoms with van der Waals surface area (Å²) in [5, 5.41) is 0. The molecular formula is C17H17F6N2O3. The van der Waals surface area contributed by atoms with E-state index >= 15 is 0 Å². The van der Waals surface area contributed by atoms with E-state index in [0.717, 1.165) is 0 Å². The zero-order chi connectivity index (χ0) is 21.1. The fourth-order valence-electron chi connectivity index (χ4n) is 2.64. The second kappa shape index (κ2) is 8.27. The van der Waals surface area contributed by atoms with Crippen LogP contribution in [0.15, 0.2) is 18.2 Å². The number of benzene rings is 1. The molecule has 28 heavy (non-hydrogen) atoms. The summed E-state index contributed by atoms with van der Waals surface area (Å²) in [7, 11) is 0. The molecule has 5 nitrogen and oxygen atoms in total. The fourth-order valence-corrected chi connectivity index (χ4v) is 2.64. The second-order valence-electron chi connectivity index (χ2n) is 6.09. The van der Waals surface area contributed by atoms with Gasteiger partial charge >= 0.3 is 18.4 Å². The Bertz CT molecular complexity index is 692. The van der Waals surface area contributed by atoms with Gasteiger partial charge in [0.1, 0.15) is 6.61 Å². The monoisotopic (exact) mass is 411 g/mol. The molecule has 11 heteroatoms. The number of amides is 2. The van der Waals surface area contributed by atoms with Gasteiger partial charge in [-0.05, 0) is 30.7 Å².